The van der Waals surface area contributed by atoms with Crippen molar-refractivity contribution < 1.29 is 9.53 Å². The molecule has 1 unspecified atom stereocenters. The molecule has 1 aromatic carbocycles. The quantitative estimate of drug-likeness (QED) is 0.475. The SMILES string of the molecule is COC(=O)c1ccc(CN=C2CN(C(C)C3CC3)c3nc(-c4c(C)ncnc4C4CC4)ncc3N2)cc1. The fourth-order valence-electron chi connectivity index (χ4n) is 4.98. The number of aryl methyl sites for hydroxylation is 1. The second-order valence-electron chi connectivity index (χ2n) is 10.2. The van der Waals surface area contributed by atoms with Crippen LogP contribution in [0, 0.1) is 12.8 Å². The number of rotatable bonds is 7. The predicted molar refractivity (Wildman–Crippen MR) is 142 cm³/mol. The molecule has 2 aromatic heterocycles. The van der Waals surface area contributed by atoms with Gasteiger partial charge in [0.2, 0.25) is 0 Å². The molecule has 0 bridgehead atoms. The summed E-state index contributed by atoms with van der Waals surface area (Å²) < 4.78 is 4.79. The number of amidine groups is 1. The smallest absolute Gasteiger partial charge is 0.337 e. The molecule has 9 nitrogen and oxygen atoms in total. The molecule has 0 spiro atoms. The Morgan fingerprint density at radius 1 is 1.16 bits per heavy atom. The minimum Gasteiger partial charge on any atom is -0.465 e. The van der Waals surface area contributed by atoms with Crippen LogP contribution in [0.1, 0.15) is 65.8 Å². The molecule has 9 heteroatoms. The summed E-state index contributed by atoms with van der Waals surface area (Å²) in [5, 5.41) is 3.47. The molecule has 2 fully saturated rings. The van der Waals surface area contributed by atoms with Crippen molar-refractivity contribution in [1.82, 2.24) is 19.9 Å². The van der Waals surface area contributed by atoms with Gasteiger partial charge in [-0.1, -0.05) is 12.1 Å². The predicted octanol–water partition coefficient (Wildman–Crippen LogP) is 4.54. The Balaban J connectivity index is 1.30. The summed E-state index contributed by atoms with van der Waals surface area (Å²) in [5.74, 6) is 3.30. The number of hydrogen-bond acceptors (Lipinski definition) is 8. The highest BCUT2D eigenvalue weighted by atomic mass is 16.5. The molecule has 1 atom stereocenters. The lowest BCUT2D eigenvalue weighted by Gasteiger charge is -2.36. The molecule has 37 heavy (non-hydrogen) atoms. The zero-order chi connectivity index (χ0) is 25.5. The van der Waals surface area contributed by atoms with E-state index in [1.54, 1.807) is 18.5 Å². The summed E-state index contributed by atoms with van der Waals surface area (Å²) >= 11 is 0. The molecule has 0 amide bonds. The van der Waals surface area contributed by atoms with Gasteiger partial charge in [-0.25, -0.2) is 24.7 Å². The maximum absolute atomic E-state index is 11.7. The minimum atomic E-state index is -0.339. The first kappa shape index (κ1) is 23.5. The molecule has 1 aliphatic heterocycles. The highest BCUT2D eigenvalue weighted by molar-refractivity contribution is 6.04. The van der Waals surface area contributed by atoms with Crippen LogP contribution in [0.5, 0.6) is 0 Å². The molecule has 0 radical (unpaired) electrons. The fourth-order valence-corrected chi connectivity index (χ4v) is 4.98. The van der Waals surface area contributed by atoms with Crippen molar-refractivity contribution in [1.29, 1.82) is 0 Å². The van der Waals surface area contributed by atoms with Crippen LogP contribution in [-0.4, -0.2) is 51.4 Å². The van der Waals surface area contributed by atoms with E-state index in [2.05, 4.69) is 27.1 Å². The van der Waals surface area contributed by atoms with Crippen LogP contribution in [0.2, 0.25) is 0 Å². The number of aliphatic imine (C=N–C) groups is 1. The number of hydrogen-bond donors (Lipinski definition) is 1. The first-order valence-corrected chi connectivity index (χ1v) is 12.9. The van der Waals surface area contributed by atoms with Gasteiger partial charge in [0.15, 0.2) is 11.6 Å². The summed E-state index contributed by atoms with van der Waals surface area (Å²) in [7, 11) is 1.39. The van der Waals surface area contributed by atoms with Gasteiger partial charge in [-0.15, -0.1) is 0 Å². The highest BCUT2D eigenvalue weighted by Gasteiger charge is 2.37. The van der Waals surface area contributed by atoms with Gasteiger partial charge in [0.1, 0.15) is 17.9 Å². The van der Waals surface area contributed by atoms with E-state index in [1.165, 1.54) is 20.0 Å². The number of fused-ring (bicyclic) bond motifs is 1. The van der Waals surface area contributed by atoms with Crippen molar-refractivity contribution in [3.8, 4) is 11.4 Å². The van der Waals surface area contributed by atoms with E-state index in [0.29, 0.717) is 42.4 Å². The number of carbonyl (C=O) groups is 1. The minimum absolute atomic E-state index is 0.339. The molecule has 1 N–H and O–H groups in total. The zero-order valence-corrected chi connectivity index (χ0v) is 21.4. The Hall–Kier alpha value is -3.88. The molecule has 190 valence electrons. The number of carbonyl (C=O) groups excluding carboxylic acids is 1. The zero-order valence-electron chi connectivity index (χ0n) is 21.4. The summed E-state index contributed by atoms with van der Waals surface area (Å²) in [4.78, 5) is 37.8. The topological polar surface area (TPSA) is 105 Å². The molecule has 3 heterocycles. The average molecular weight is 498 g/mol. The molecular weight excluding hydrogens is 466 g/mol. The number of anilines is 2. The van der Waals surface area contributed by atoms with Gasteiger partial charge < -0.3 is 15.0 Å². The third-order valence-electron chi connectivity index (χ3n) is 7.52. The van der Waals surface area contributed by atoms with E-state index in [1.807, 2.05) is 25.3 Å². The van der Waals surface area contributed by atoms with Gasteiger partial charge in [-0.3, -0.25) is 4.99 Å². The van der Waals surface area contributed by atoms with E-state index in [9.17, 15) is 4.79 Å². The van der Waals surface area contributed by atoms with E-state index >= 15 is 0 Å². The van der Waals surface area contributed by atoms with E-state index < -0.39 is 0 Å². The number of nitrogens with one attached hydrogen (secondary N) is 1. The summed E-state index contributed by atoms with van der Waals surface area (Å²) in [6.07, 6.45) is 8.33. The van der Waals surface area contributed by atoms with E-state index in [4.69, 9.17) is 19.7 Å². The Kier molecular flexibility index (Phi) is 6.06. The fraction of sp³-hybridized carbons (Fsp3) is 0.429. The molecule has 2 saturated carbocycles. The number of benzene rings is 1. The number of nitrogens with zero attached hydrogens (tertiary/aromatic N) is 6. The summed E-state index contributed by atoms with van der Waals surface area (Å²) in [5.41, 5.74) is 5.38. The monoisotopic (exact) mass is 497 g/mol. The van der Waals surface area contributed by atoms with Crippen LogP contribution in [0.3, 0.4) is 0 Å². The number of esters is 1. The van der Waals surface area contributed by atoms with Crippen molar-refractivity contribution >= 4 is 23.3 Å². The van der Waals surface area contributed by atoms with E-state index in [0.717, 1.165) is 52.7 Å². The van der Waals surface area contributed by atoms with Crippen molar-refractivity contribution in [3.63, 3.8) is 0 Å². The second kappa shape index (κ2) is 9.53. The Morgan fingerprint density at radius 3 is 2.65 bits per heavy atom. The summed E-state index contributed by atoms with van der Waals surface area (Å²) in [6.45, 7) is 5.46. The second-order valence-corrected chi connectivity index (χ2v) is 10.2. The lowest BCUT2D eigenvalue weighted by atomic mass is 10.1. The van der Waals surface area contributed by atoms with Crippen molar-refractivity contribution in [3.05, 3.63) is 59.3 Å². The lowest BCUT2D eigenvalue weighted by molar-refractivity contribution is 0.0600. The van der Waals surface area contributed by atoms with Gasteiger partial charge in [0.05, 0.1) is 48.9 Å². The van der Waals surface area contributed by atoms with Gasteiger partial charge >= 0.3 is 5.97 Å². The van der Waals surface area contributed by atoms with Gasteiger partial charge in [-0.05, 0) is 63.1 Å². The Bertz CT molecular complexity index is 1360. The van der Waals surface area contributed by atoms with E-state index in [-0.39, 0.29) is 5.97 Å². The first-order valence-electron chi connectivity index (χ1n) is 12.9. The first-order chi connectivity index (χ1) is 18.0. The molecule has 3 aromatic rings. The molecular formula is C28H31N7O2. The van der Waals surface area contributed by atoms with Crippen LogP contribution in [0.25, 0.3) is 11.4 Å². The van der Waals surface area contributed by atoms with Crippen molar-refractivity contribution in [2.75, 3.05) is 23.9 Å². The van der Waals surface area contributed by atoms with Gasteiger partial charge in [0.25, 0.3) is 0 Å². The van der Waals surface area contributed by atoms with Crippen LogP contribution < -0.4 is 10.2 Å². The maximum Gasteiger partial charge on any atom is 0.337 e. The third kappa shape index (κ3) is 4.77. The normalized spacial score (nSPS) is 18.8. The summed E-state index contributed by atoms with van der Waals surface area (Å²) in [6, 6.07) is 7.72. The van der Waals surface area contributed by atoms with Gasteiger partial charge in [-0.2, -0.15) is 0 Å². The molecule has 0 saturated heterocycles. The maximum atomic E-state index is 11.7. The van der Waals surface area contributed by atoms with Crippen LogP contribution in [-0.2, 0) is 11.3 Å². The molecule has 6 rings (SSSR count). The largest absolute Gasteiger partial charge is 0.465 e. The van der Waals surface area contributed by atoms with Crippen LogP contribution >= 0.6 is 0 Å². The highest BCUT2D eigenvalue weighted by Crippen LogP contribution is 2.44. The molecule has 3 aliphatic rings. The van der Waals surface area contributed by atoms with Crippen molar-refractivity contribution in [2.24, 2.45) is 10.9 Å². The average Bonchev–Trinajstić information content (AvgIpc) is 3.84. The van der Waals surface area contributed by atoms with Crippen LogP contribution in [0.4, 0.5) is 11.5 Å². The number of aromatic nitrogens is 4. The number of methoxy groups -OCH3 is 1. The Labute approximate surface area is 216 Å². The van der Waals surface area contributed by atoms with Crippen LogP contribution in [0.15, 0.2) is 41.8 Å². The van der Waals surface area contributed by atoms with Gasteiger partial charge in [0, 0.05) is 12.0 Å². The Morgan fingerprint density at radius 2 is 1.95 bits per heavy atom. The van der Waals surface area contributed by atoms with Crippen molar-refractivity contribution in [2.45, 2.75) is 58.0 Å². The third-order valence-corrected chi connectivity index (χ3v) is 7.52. The lowest BCUT2D eigenvalue weighted by Crippen LogP contribution is -2.45. The number of ether oxygens (including phenoxy) is 1. The molecule has 2 aliphatic carbocycles. The standard InChI is InChI=1S/C28H31N7O2/c1-16-24(25(20-10-11-20)32-15-31-16)26-30-13-22-27(34-26)35(17(2)19-8-9-19)14-23(33-22)29-12-18-4-6-21(7-5-18)28(36)37-3/h4-7,13,15,17,19-20H,8-12,14H2,1-3H3,(H,29,33).